The molecule has 0 aliphatic carbocycles. The monoisotopic (exact) mass is 229 g/mol. The van der Waals surface area contributed by atoms with Crippen LogP contribution in [-0.2, 0) is 9.53 Å². The molecule has 5 heteroatoms. The third-order valence-corrected chi connectivity index (χ3v) is 2.93. The van der Waals surface area contributed by atoms with Crippen molar-refractivity contribution in [1.82, 2.24) is 15.5 Å². The lowest BCUT2D eigenvalue weighted by atomic mass is 10.1. The van der Waals surface area contributed by atoms with Gasteiger partial charge in [-0.25, -0.2) is 0 Å². The van der Waals surface area contributed by atoms with Crippen LogP contribution in [0.5, 0.6) is 0 Å². The first kappa shape index (κ1) is 13.4. The molecule has 0 spiro atoms. The van der Waals surface area contributed by atoms with Crippen molar-refractivity contribution >= 4 is 5.91 Å². The summed E-state index contributed by atoms with van der Waals surface area (Å²) in [5.74, 6) is 0.0386. The first-order valence-electron chi connectivity index (χ1n) is 5.96. The average molecular weight is 229 g/mol. The maximum Gasteiger partial charge on any atom is 0.239 e. The molecule has 0 unspecified atom stereocenters. The lowest BCUT2D eigenvalue weighted by Crippen LogP contribution is -2.56. The Morgan fingerprint density at radius 3 is 3.00 bits per heavy atom. The molecule has 94 valence electrons. The van der Waals surface area contributed by atoms with Gasteiger partial charge in [0, 0.05) is 19.6 Å². The molecule has 1 aliphatic heterocycles. The van der Waals surface area contributed by atoms with Gasteiger partial charge in [0.2, 0.25) is 5.91 Å². The molecule has 1 fully saturated rings. The number of morpholine rings is 1. The number of carbonyl (C=O) groups excluding carboxylic acids is 1. The highest BCUT2D eigenvalue weighted by Gasteiger charge is 2.27. The molecule has 2 N–H and O–H groups in total. The molecule has 16 heavy (non-hydrogen) atoms. The van der Waals surface area contributed by atoms with Gasteiger partial charge in [-0.1, -0.05) is 6.92 Å². The van der Waals surface area contributed by atoms with Gasteiger partial charge in [-0.15, -0.1) is 0 Å². The zero-order valence-corrected chi connectivity index (χ0v) is 10.5. The SMILES string of the molecule is CCN(C)CCNC(=O)[C@H]1NCCO[C@@H]1C. The van der Waals surface area contributed by atoms with Gasteiger partial charge in [0.25, 0.3) is 0 Å². The number of hydrogen-bond donors (Lipinski definition) is 2. The minimum atomic E-state index is -0.208. The molecule has 0 radical (unpaired) electrons. The predicted molar refractivity (Wildman–Crippen MR) is 63.4 cm³/mol. The van der Waals surface area contributed by atoms with Gasteiger partial charge < -0.3 is 20.3 Å². The Balaban J connectivity index is 2.23. The molecule has 0 aromatic rings. The molecule has 2 atom stereocenters. The van der Waals surface area contributed by atoms with Crippen LogP contribution in [0.25, 0.3) is 0 Å². The van der Waals surface area contributed by atoms with Crippen LogP contribution in [0.15, 0.2) is 0 Å². The van der Waals surface area contributed by atoms with E-state index in [0.29, 0.717) is 13.2 Å². The maximum absolute atomic E-state index is 11.8. The Labute approximate surface area is 97.5 Å². The Morgan fingerprint density at radius 2 is 2.38 bits per heavy atom. The third kappa shape index (κ3) is 4.08. The molecular formula is C11H23N3O2. The van der Waals surface area contributed by atoms with Crippen LogP contribution in [0.2, 0.25) is 0 Å². The van der Waals surface area contributed by atoms with E-state index in [0.717, 1.165) is 19.6 Å². The van der Waals surface area contributed by atoms with Gasteiger partial charge in [0.05, 0.1) is 12.7 Å². The van der Waals surface area contributed by atoms with Crippen LogP contribution in [0.4, 0.5) is 0 Å². The van der Waals surface area contributed by atoms with Gasteiger partial charge >= 0.3 is 0 Å². The van der Waals surface area contributed by atoms with E-state index >= 15 is 0 Å². The van der Waals surface area contributed by atoms with E-state index in [1.54, 1.807) is 0 Å². The lowest BCUT2D eigenvalue weighted by molar-refractivity contribution is -0.128. The van der Waals surface area contributed by atoms with E-state index < -0.39 is 0 Å². The quantitative estimate of drug-likeness (QED) is 0.663. The molecule has 0 saturated carbocycles. The number of likely N-dealkylation sites (N-methyl/N-ethyl adjacent to an activating group) is 1. The number of hydrogen-bond acceptors (Lipinski definition) is 4. The van der Waals surface area contributed by atoms with Crippen LogP contribution >= 0.6 is 0 Å². The summed E-state index contributed by atoms with van der Waals surface area (Å²) in [6, 6.07) is -0.208. The standard InChI is InChI=1S/C11H23N3O2/c1-4-14(3)7-5-13-11(15)10-9(2)16-8-6-12-10/h9-10,12H,4-8H2,1-3H3,(H,13,15)/t9-,10+/m1/s1. The van der Waals surface area contributed by atoms with E-state index in [4.69, 9.17) is 4.74 Å². The molecule has 0 aromatic carbocycles. The Kier molecular flexibility index (Phi) is 5.73. The lowest BCUT2D eigenvalue weighted by Gasteiger charge is -2.29. The summed E-state index contributed by atoms with van der Waals surface area (Å²) < 4.78 is 5.43. The molecule has 1 saturated heterocycles. The minimum absolute atomic E-state index is 0.0386. The maximum atomic E-state index is 11.8. The summed E-state index contributed by atoms with van der Waals surface area (Å²) in [5, 5.41) is 6.09. The molecule has 1 heterocycles. The van der Waals surface area contributed by atoms with Crippen molar-refractivity contribution in [1.29, 1.82) is 0 Å². The Bertz CT molecular complexity index is 223. The zero-order valence-electron chi connectivity index (χ0n) is 10.5. The van der Waals surface area contributed by atoms with E-state index in [9.17, 15) is 4.79 Å². The van der Waals surface area contributed by atoms with Crippen LogP contribution in [-0.4, -0.2) is 62.8 Å². The summed E-state index contributed by atoms with van der Waals surface area (Å²) in [6.07, 6.45) is -0.0438. The highest BCUT2D eigenvalue weighted by Crippen LogP contribution is 2.03. The molecule has 5 nitrogen and oxygen atoms in total. The molecule has 1 amide bonds. The van der Waals surface area contributed by atoms with Crippen molar-refractivity contribution in [3.05, 3.63) is 0 Å². The highest BCUT2D eigenvalue weighted by atomic mass is 16.5. The van der Waals surface area contributed by atoms with Crippen molar-refractivity contribution in [3.63, 3.8) is 0 Å². The minimum Gasteiger partial charge on any atom is -0.375 e. The Hall–Kier alpha value is -0.650. The van der Waals surface area contributed by atoms with Crippen molar-refractivity contribution in [2.75, 3.05) is 39.8 Å². The molecule has 0 aromatic heterocycles. The fourth-order valence-corrected chi connectivity index (χ4v) is 1.67. The fourth-order valence-electron chi connectivity index (χ4n) is 1.67. The van der Waals surface area contributed by atoms with Crippen LogP contribution in [0, 0.1) is 0 Å². The molecular weight excluding hydrogens is 206 g/mol. The number of amides is 1. The number of rotatable bonds is 5. The molecule has 1 aliphatic rings. The third-order valence-electron chi connectivity index (χ3n) is 2.93. The fraction of sp³-hybridized carbons (Fsp3) is 0.909. The van der Waals surface area contributed by atoms with Crippen molar-refractivity contribution in [2.24, 2.45) is 0 Å². The van der Waals surface area contributed by atoms with Crippen LogP contribution in [0.3, 0.4) is 0 Å². The zero-order chi connectivity index (χ0) is 12.0. The number of ether oxygens (including phenoxy) is 1. The summed E-state index contributed by atoms with van der Waals surface area (Å²) in [5.41, 5.74) is 0. The average Bonchev–Trinajstić information content (AvgIpc) is 2.29. The normalized spacial score (nSPS) is 25.8. The number of nitrogens with zero attached hydrogens (tertiary/aromatic N) is 1. The van der Waals surface area contributed by atoms with Gasteiger partial charge in [0.15, 0.2) is 0 Å². The number of carbonyl (C=O) groups is 1. The van der Waals surface area contributed by atoms with E-state index in [1.165, 1.54) is 0 Å². The van der Waals surface area contributed by atoms with Crippen LogP contribution < -0.4 is 10.6 Å². The summed E-state index contributed by atoms with van der Waals surface area (Å²) >= 11 is 0. The first-order chi connectivity index (χ1) is 7.65. The second-order valence-electron chi connectivity index (χ2n) is 4.19. The van der Waals surface area contributed by atoms with Gasteiger partial charge in [-0.3, -0.25) is 4.79 Å². The molecule has 1 rings (SSSR count). The first-order valence-corrected chi connectivity index (χ1v) is 5.96. The summed E-state index contributed by atoms with van der Waals surface area (Å²) in [6.45, 7) is 8.02. The van der Waals surface area contributed by atoms with Gasteiger partial charge in [-0.05, 0) is 20.5 Å². The topological polar surface area (TPSA) is 53.6 Å². The highest BCUT2D eigenvalue weighted by molar-refractivity contribution is 5.82. The van der Waals surface area contributed by atoms with Crippen molar-refractivity contribution < 1.29 is 9.53 Å². The smallest absolute Gasteiger partial charge is 0.239 e. The largest absolute Gasteiger partial charge is 0.375 e. The van der Waals surface area contributed by atoms with Crippen molar-refractivity contribution in [3.8, 4) is 0 Å². The van der Waals surface area contributed by atoms with E-state index in [2.05, 4.69) is 22.5 Å². The van der Waals surface area contributed by atoms with Crippen molar-refractivity contribution in [2.45, 2.75) is 26.0 Å². The molecule has 0 bridgehead atoms. The summed E-state index contributed by atoms with van der Waals surface area (Å²) in [4.78, 5) is 14.0. The van der Waals surface area contributed by atoms with Crippen LogP contribution in [0.1, 0.15) is 13.8 Å². The summed E-state index contributed by atoms with van der Waals surface area (Å²) in [7, 11) is 2.04. The number of nitrogens with one attached hydrogen (secondary N) is 2. The van der Waals surface area contributed by atoms with Gasteiger partial charge in [-0.2, -0.15) is 0 Å². The Morgan fingerprint density at radius 1 is 1.62 bits per heavy atom. The van der Waals surface area contributed by atoms with E-state index in [1.807, 2.05) is 14.0 Å². The second-order valence-corrected chi connectivity index (χ2v) is 4.19. The van der Waals surface area contributed by atoms with Gasteiger partial charge in [0.1, 0.15) is 6.04 Å². The van der Waals surface area contributed by atoms with E-state index in [-0.39, 0.29) is 18.1 Å². The second kappa shape index (κ2) is 6.83. The predicted octanol–water partition coefficient (Wildman–Crippen LogP) is -0.569.